The van der Waals surface area contributed by atoms with Crippen LogP contribution in [-0.4, -0.2) is 51.9 Å². The number of nitrogens with zero attached hydrogens (tertiary/aromatic N) is 3. The van der Waals surface area contributed by atoms with Gasteiger partial charge in [0.2, 0.25) is 5.91 Å². The SMILES string of the molecule is CCc1cc2ncc(CN3CCN(CC4CC4)C(=O)C3)cc2[nH]c1=O. The van der Waals surface area contributed by atoms with Gasteiger partial charge in [0.05, 0.1) is 17.6 Å². The molecule has 2 aliphatic rings. The minimum Gasteiger partial charge on any atom is -0.340 e. The Kier molecular flexibility index (Phi) is 4.29. The molecule has 1 aliphatic carbocycles. The second-order valence-electron chi connectivity index (χ2n) is 7.25. The number of carbonyl (C=O) groups excluding carboxylic acids is 1. The van der Waals surface area contributed by atoms with Crippen molar-refractivity contribution in [2.75, 3.05) is 26.2 Å². The van der Waals surface area contributed by atoms with Crippen LogP contribution in [0.15, 0.2) is 23.1 Å². The van der Waals surface area contributed by atoms with E-state index < -0.39 is 0 Å². The van der Waals surface area contributed by atoms with E-state index in [1.54, 1.807) is 0 Å². The number of amides is 1. The Morgan fingerprint density at radius 1 is 1.24 bits per heavy atom. The minimum atomic E-state index is -0.0437. The molecule has 0 aromatic carbocycles. The molecule has 1 saturated heterocycles. The molecule has 4 rings (SSSR count). The van der Waals surface area contributed by atoms with E-state index in [-0.39, 0.29) is 11.5 Å². The van der Waals surface area contributed by atoms with Gasteiger partial charge in [0, 0.05) is 37.9 Å². The first-order chi connectivity index (χ1) is 12.1. The fourth-order valence-electron chi connectivity index (χ4n) is 3.47. The van der Waals surface area contributed by atoms with E-state index in [0.717, 1.165) is 47.7 Å². The highest BCUT2D eigenvalue weighted by molar-refractivity contribution is 5.79. The summed E-state index contributed by atoms with van der Waals surface area (Å²) in [6.45, 7) is 5.75. The molecule has 0 radical (unpaired) electrons. The molecule has 0 bridgehead atoms. The van der Waals surface area contributed by atoms with Crippen LogP contribution in [-0.2, 0) is 17.8 Å². The molecule has 2 fully saturated rings. The molecule has 0 spiro atoms. The standard InChI is InChI=1S/C19H24N4O2/c1-2-15-8-16-17(21-19(15)25)7-14(9-20-16)10-22-5-6-23(18(24)12-22)11-13-3-4-13/h7-9,13H,2-6,10-12H2,1H3,(H,21,25). The summed E-state index contributed by atoms with van der Waals surface area (Å²) in [5.74, 6) is 0.970. The predicted octanol–water partition coefficient (Wildman–Crippen LogP) is 1.54. The van der Waals surface area contributed by atoms with E-state index in [2.05, 4.69) is 14.9 Å². The van der Waals surface area contributed by atoms with E-state index in [4.69, 9.17) is 0 Å². The zero-order valence-electron chi connectivity index (χ0n) is 14.6. The maximum atomic E-state index is 12.3. The highest BCUT2D eigenvalue weighted by atomic mass is 16.2. The summed E-state index contributed by atoms with van der Waals surface area (Å²) < 4.78 is 0. The Labute approximate surface area is 146 Å². The quantitative estimate of drug-likeness (QED) is 0.896. The van der Waals surface area contributed by atoms with E-state index in [0.29, 0.717) is 19.5 Å². The lowest BCUT2D eigenvalue weighted by atomic mass is 10.1. The molecule has 1 amide bonds. The fourth-order valence-corrected chi connectivity index (χ4v) is 3.47. The van der Waals surface area contributed by atoms with E-state index in [1.165, 1.54) is 12.8 Å². The number of aromatic nitrogens is 2. The smallest absolute Gasteiger partial charge is 0.251 e. The van der Waals surface area contributed by atoms with Crippen LogP contribution >= 0.6 is 0 Å². The molecule has 1 saturated carbocycles. The summed E-state index contributed by atoms with van der Waals surface area (Å²) in [4.78, 5) is 35.9. The summed E-state index contributed by atoms with van der Waals surface area (Å²) in [6.07, 6.45) is 5.09. The molecule has 132 valence electrons. The molecular formula is C19H24N4O2. The first-order valence-electron chi connectivity index (χ1n) is 9.13. The highest BCUT2D eigenvalue weighted by Gasteiger charge is 2.30. The Bertz CT molecular complexity index is 856. The summed E-state index contributed by atoms with van der Waals surface area (Å²) in [7, 11) is 0. The van der Waals surface area contributed by atoms with Crippen LogP contribution in [0, 0.1) is 5.92 Å². The van der Waals surface area contributed by atoms with E-state index in [1.807, 2.05) is 30.2 Å². The molecular weight excluding hydrogens is 316 g/mol. The van der Waals surface area contributed by atoms with Gasteiger partial charge in [0.25, 0.3) is 5.56 Å². The molecule has 6 nitrogen and oxygen atoms in total. The summed E-state index contributed by atoms with van der Waals surface area (Å²) in [5, 5.41) is 0. The van der Waals surface area contributed by atoms with Gasteiger partial charge >= 0.3 is 0 Å². The largest absolute Gasteiger partial charge is 0.340 e. The zero-order chi connectivity index (χ0) is 17.4. The monoisotopic (exact) mass is 340 g/mol. The number of carbonyl (C=O) groups is 1. The molecule has 1 N–H and O–H groups in total. The predicted molar refractivity (Wildman–Crippen MR) is 96.3 cm³/mol. The van der Waals surface area contributed by atoms with Crippen molar-refractivity contribution in [3.63, 3.8) is 0 Å². The van der Waals surface area contributed by atoms with Gasteiger partial charge in [-0.2, -0.15) is 0 Å². The van der Waals surface area contributed by atoms with Crippen LogP contribution in [0.1, 0.15) is 30.9 Å². The molecule has 2 aromatic heterocycles. The van der Waals surface area contributed by atoms with Gasteiger partial charge in [-0.3, -0.25) is 19.5 Å². The van der Waals surface area contributed by atoms with Crippen LogP contribution in [0.25, 0.3) is 11.0 Å². The average Bonchev–Trinajstić information content (AvgIpc) is 3.41. The Hall–Kier alpha value is -2.21. The van der Waals surface area contributed by atoms with Crippen LogP contribution in [0.3, 0.4) is 0 Å². The van der Waals surface area contributed by atoms with Gasteiger partial charge in [-0.15, -0.1) is 0 Å². The number of hydrogen-bond acceptors (Lipinski definition) is 4. The number of aromatic amines is 1. The Balaban J connectivity index is 1.45. The van der Waals surface area contributed by atoms with Gasteiger partial charge < -0.3 is 9.88 Å². The van der Waals surface area contributed by atoms with Crippen LogP contribution in [0.2, 0.25) is 0 Å². The van der Waals surface area contributed by atoms with E-state index >= 15 is 0 Å². The first kappa shape index (κ1) is 16.3. The Morgan fingerprint density at radius 2 is 2.08 bits per heavy atom. The molecule has 25 heavy (non-hydrogen) atoms. The summed E-state index contributed by atoms with van der Waals surface area (Å²) >= 11 is 0. The zero-order valence-corrected chi connectivity index (χ0v) is 14.6. The fraction of sp³-hybridized carbons (Fsp3) is 0.526. The number of nitrogens with one attached hydrogen (secondary N) is 1. The lowest BCUT2D eigenvalue weighted by molar-refractivity contribution is -0.136. The third-order valence-electron chi connectivity index (χ3n) is 5.19. The highest BCUT2D eigenvalue weighted by Crippen LogP contribution is 2.30. The minimum absolute atomic E-state index is 0.0437. The van der Waals surface area contributed by atoms with Gasteiger partial charge in [0.1, 0.15) is 0 Å². The number of aryl methyl sites for hydroxylation is 1. The number of piperazine rings is 1. The number of hydrogen-bond donors (Lipinski definition) is 1. The van der Waals surface area contributed by atoms with Crippen LogP contribution in [0.5, 0.6) is 0 Å². The number of pyridine rings is 2. The normalized spacial score (nSPS) is 18.9. The summed E-state index contributed by atoms with van der Waals surface area (Å²) in [5.41, 5.74) is 3.31. The Morgan fingerprint density at radius 3 is 2.80 bits per heavy atom. The maximum Gasteiger partial charge on any atom is 0.251 e. The van der Waals surface area contributed by atoms with E-state index in [9.17, 15) is 9.59 Å². The van der Waals surface area contributed by atoms with Crippen molar-refractivity contribution in [3.05, 3.63) is 39.8 Å². The second-order valence-corrected chi connectivity index (χ2v) is 7.25. The van der Waals surface area contributed by atoms with Crippen molar-refractivity contribution in [2.24, 2.45) is 5.92 Å². The van der Waals surface area contributed by atoms with Crippen molar-refractivity contribution in [1.82, 2.24) is 19.8 Å². The van der Waals surface area contributed by atoms with Gasteiger partial charge in [-0.1, -0.05) is 6.92 Å². The molecule has 2 aromatic rings. The first-order valence-corrected chi connectivity index (χ1v) is 9.13. The van der Waals surface area contributed by atoms with Gasteiger partial charge in [-0.25, -0.2) is 0 Å². The van der Waals surface area contributed by atoms with Gasteiger partial charge in [0.15, 0.2) is 0 Å². The van der Waals surface area contributed by atoms with Crippen molar-refractivity contribution in [1.29, 1.82) is 0 Å². The third-order valence-corrected chi connectivity index (χ3v) is 5.19. The molecule has 3 heterocycles. The van der Waals surface area contributed by atoms with Gasteiger partial charge in [-0.05, 0) is 42.9 Å². The maximum absolute atomic E-state index is 12.3. The molecule has 1 aliphatic heterocycles. The lowest BCUT2D eigenvalue weighted by Gasteiger charge is -2.34. The average molecular weight is 340 g/mol. The third kappa shape index (κ3) is 3.58. The van der Waals surface area contributed by atoms with Crippen molar-refractivity contribution in [2.45, 2.75) is 32.7 Å². The van der Waals surface area contributed by atoms with Crippen molar-refractivity contribution in [3.8, 4) is 0 Å². The topological polar surface area (TPSA) is 69.3 Å². The lowest BCUT2D eigenvalue weighted by Crippen LogP contribution is -2.50. The number of fused-ring (bicyclic) bond motifs is 1. The van der Waals surface area contributed by atoms with Crippen molar-refractivity contribution < 1.29 is 4.79 Å². The molecule has 0 atom stereocenters. The second kappa shape index (κ2) is 6.59. The van der Waals surface area contributed by atoms with Crippen LogP contribution < -0.4 is 5.56 Å². The number of rotatable bonds is 5. The number of H-pyrrole nitrogens is 1. The summed E-state index contributed by atoms with van der Waals surface area (Å²) in [6, 6.07) is 3.84. The molecule has 0 unspecified atom stereocenters. The molecule has 6 heteroatoms. The van der Waals surface area contributed by atoms with Crippen molar-refractivity contribution >= 4 is 16.9 Å². The van der Waals surface area contributed by atoms with Crippen LogP contribution in [0.4, 0.5) is 0 Å².